The van der Waals surface area contributed by atoms with Crippen LogP contribution in [0.3, 0.4) is 0 Å². The molecule has 0 saturated heterocycles. The number of thiazole rings is 1. The molecule has 4 nitrogen and oxygen atoms in total. The second-order valence-electron chi connectivity index (χ2n) is 5.99. The zero-order chi connectivity index (χ0) is 18.6. The number of fused-ring (bicyclic) bond motifs is 1. The van der Waals surface area contributed by atoms with Gasteiger partial charge in [0.15, 0.2) is 5.13 Å². The second kappa shape index (κ2) is 7.90. The van der Waals surface area contributed by atoms with Crippen molar-refractivity contribution in [1.29, 1.82) is 0 Å². The Morgan fingerprint density at radius 2 is 1.89 bits per heavy atom. The lowest BCUT2D eigenvalue weighted by Gasteiger charge is -2.04. The molecule has 6 heteroatoms. The van der Waals surface area contributed by atoms with E-state index >= 15 is 0 Å². The Morgan fingerprint density at radius 3 is 2.70 bits per heavy atom. The molecule has 4 aromatic rings. The number of carbonyl (C=O) groups is 1. The van der Waals surface area contributed by atoms with Crippen molar-refractivity contribution in [2.24, 2.45) is 0 Å². The molecule has 4 rings (SSSR count). The average molecular weight is 392 g/mol. The average Bonchev–Trinajstić information content (AvgIpc) is 3.07. The number of carbonyl (C=O) groups excluding carboxylic acids is 1. The molecular weight excluding hydrogens is 374 g/mol. The van der Waals surface area contributed by atoms with E-state index in [1.165, 1.54) is 33.9 Å². The molecule has 27 heavy (non-hydrogen) atoms. The van der Waals surface area contributed by atoms with Gasteiger partial charge in [0.25, 0.3) is 0 Å². The van der Waals surface area contributed by atoms with Crippen molar-refractivity contribution >= 4 is 44.9 Å². The van der Waals surface area contributed by atoms with Gasteiger partial charge in [-0.1, -0.05) is 47.7 Å². The van der Waals surface area contributed by atoms with Crippen LogP contribution in [-0.2, 0) is 4.79 Å². The lowest BCUT2D eigenvalue weighted by Crippen LogP contribution is -2.13. The Morgan fingerprint density at radius 1 is 1.07 bits per heavy atom. The molecule has 0 fully saturated rings. The number of amides is 1. The van der Waals surface area contributed by atoms with Crippen LogP contribution in [0.15, 0.2) is 71.8 Å². The van der Waals surface area contributed by atoms with Gasteiger partial charge in [-0.2, -0.15) is 0 Å². The van der Waals surface area contributed by atoms with E-state index in [1.807, 2.05) is 43.3 Å². The first-order valence-corrected chi connectivity index (χ1v) is 10.3. The molecule has 0 unspecified atom stereocenters. The maximum absolute atomic E-state index is 12.3. The van der Waals surface area contributed by atoms with Crippen molar-refractivity contribution in [3.8, 4) is 10.6 Å². The zero-order valence-corrected chi connectivity index (χ0v) is 16.3. The van der Waals surface area contributed by atoms with Crippen LogP contribution in [0.1, 0.15) is 5.69 Å². The first-order chi connectivity index (χ1) is 13.2. The highest BCUT2D eigenvalue weighted by atomic mass is 32.2. The summed E-state index contributed by atoms with van der Waals surface area (Å²) >= 11 is 2.97. The van der Waals surface area contributed by atoms with Crippen LogP contribution < -0.4 is 5.32 Å². The van der Waals surface area contributed by atoms with E-state index in [-0.39, 0.29) is 5.91 Å². The number of aryl methyl sites for hydroxylation is 1. The number of rotatable bonds is 5. The number of nitrogens with one attached hydrogen (secondary N) is 1. The fourth-order valence-electron chi connectivity index (χ4n) is 2.75. The van der Waals surface area contributed by atoms with Gasteiger partial charge in [-0.25, -0.2) is 4.98 Å². The van der Waals surface area contributed by atoms with Crippen LogP contribution in [0.5, 0.6) is 0 Å². The van der Waals surface area contributed by atoms with E-state index in [0.29, 0.717) is 10.9 Å². The van der Waals surface area contributed by atoms with Gasteiger partial charge in [0.1, 0.15) is 0 Å². The van der Waals surface area contributed by atoms with Gasteiger partial charge in [-0.3, -0.25) is 9.78 Å². The number of nitrogens with zero attached hydrogens (tertiary/aromatic N) is 2. The van der Waals surface area contributed by atoms with Crippen molar-refractivity contribution in [2.45, 2.75) is 11.8 Å². The zero-order valence-electron chi connectivity index (χ0n) is 14.7. The Hall–Kier alpha value is -2.70. The van der Waals surface area contributed by atoms with E-state index in [4.69, 9.17) is 0 Å². The Balaban J connectivity index is 1.40. The number of benzene rings is 2. The van der Waals surface area contributed by atoms with Crippen LogP contribution in [0.2, 0.25) is 0 Å². The topological polar surface area (TPSA) is 54.9 Å². The largest absolute Gasteiger partial charge is 0.301 e. The molecule has 0 aliphatic rings. The van der Waals surface area contributed by atoms with Gasteiger partial charge >= 0.3 is 0 Å². The van der Waals surface area contributed by atoms with Crippen LogP contribution in [0.25, 0.3) is 21.3 Å². The number of hydrogen-bond acceptors (Lipinski definition) is 5. The van der Waals surface area contributed by atoms with Crippen LogP contribution in [-0.4, -0.2) is 21.6 Å². The van der Waals surface area contributed by atoms with E-state index in [2.05, 4.69) is 39.6 Å². The molecule has 1 amide bonds. The van der Waals surface area contributed by atoms with Gasteiger partial charge < -0.3 is 5.32 Å². The normalized spacial score (nSPS) is 10.9. The van der Waals surface area contributed by atoms with E-state index in [0.717, 1.165) is 21.2 Å². The summed E-state index contributed by atoms with van der Waals surface area (Å²) in [5, 5.41) is 5.89. The summed E-state index contributed by atoms with van der Waals surface area (Å²) in [5.74, 6) is 0.282. The Labute approximate surface area is 165 Å². The SMILES string of the molecule is Cc1nc(NC(=O)CSc2ccc3ccccc3c2)sc1-c1ccccn1. The smallest absolute Gasteiger partial charge is 0.236 e. The van der Waals surface area contributed by atoms with Crippen molar-refractivity contribution in [1.82, 2.24) is 9.97 Å². The van der Waals surface area contributed by atoms with Gasteiger partial charge in [-0.05, 0) is 42.0 Å². The van der Waals surface area contributed by atoms with Crippen LogP contribution in [0, 0.1) is 6.92 Å². The molecular formula is C21H17N3OS2. The monoisotopic (exact) mass is 391 g/mol. The standard InChI is InChI=1S/C21H17N3OS2/c1-14-20(18-8-4-5-11-22-18)27-21(23-14)24-19(25)13-26-17-10-9-15-6-2-3-7-16(15)12-17/h2-12H,13H2,1H3,(H,23,24,25). The predicted octanol–water partition coefficient (Wildman–Crippen LogP) is 5.40. The summed E-state index contributed by atoms with van der Waals surface area (Å²) < 4.78 is 0. The molecule has 0 atom stereocenters. The van der Waals surface area contributed by atoms with Crippen molar-refractivity contribution < 1.29 is 4.79 Å². The van der Waals surface area contributed by atoms with Gasteiger partial charge in [0.05, 0.1) is 22.0 Å². The number of thioether (sulfide) groups is 1. The van der Waals surface area contributed by atoms with Crippen LogP contribution >= 0.6 is 23.1 Å². The van der Waals surface area contributed by atoms with Crippen molar-refractivity contribution in [2.75, 3.05) is 11.1 Å². The molecule has 0 spiro atoms. The summed E-state index contributed by atoms with van der Waals surface area (Å²) in [6.07, 6.45) is 1.76. The Kier molecular flexibility index (Phi) is 5.18. The summed E-state index contributed by atoms with van der Waals surface area (Å²) in [6.45, 7) is 1.93. The highest BCUT2D eigenvalue weighted by molar-refractivity contribution is 8.00. The fraction of sp³-hybridized carbons (Fsp3) is 0.0952. The molecule has 1 N–H and O–H groups in total. The maximum Gasteiger partial charge on any atom is 0.236 e. The fourth-order valence-corrected chi connectivity index (χ4v) is 4.45. The molecule has 0 bridgehead atoms. The lowest BCUT2D eigenvalue weighted by atomic mass is 10.1. The molecule has 2 aromatic heterocycles. The predicted molar refractivity (Wildman–Crippen MR) is 113 cm³/mol. The first kappa shape index (κ1) is 17.7. The third kappa shape index (κ3) is 4.18. The van der Waals surface area contributed by atoms with E-state index < -0.39 is 0 Å². The highest BCUT2D eigenvalue weighted by Crippen LogP contribution is 2.31. The molecule has 134 valence electrons. The molecule has 2 heterocycles. The van der Waals surface area contributed by atoms with E-state index in [1.54, 1.807) is 6.20 Å². The molecule has 0 saturated carbocycles. The quantitative estimate of drug-likeness (QED) is 0.463. The summed E-state index contributed by atoms with van der Waals surface area (Å²) in [6, 6.07) is 20.2. The number of hydrogen-bond donors (Lipinski definition) is 1. The molecule has 0 radical (unpaired) electrons. The maximum atomic E-state index is 12.3. The summed E-state index contributed by atoms with van der Waals surface area (Å²) in [7, 11) is 0. The molecule has 0 aliphatic carbocycles. The van der Waals surface area contributed by atoms with Gasteiger partial charge in [0, 0.05) is 11.1 Å². The minimum Gasteiger partial charge on any atom is -0.301 e. The van der Waals surface area contributed by atoms with Crippen molar-refractivity contribution in [3.05, 3.63) is 72.6 Å². The minimum absolute atomic E-state index is 0.0607. The van der Waals surface area contributed by atoms with Crippen LogP contribution in [0.4, 0.5) is 5.13 Å². The molecule has 0 aliphatic heterocycles. The van der Waals surface area contributed by atoms with Crippen molar-refractivity contribution in [3.63, 3.8) is 0 Å². The number of pyridine rings is 1. The van der Waals surface area contributed by atoms with E-state index in [9.17, 15) is 4.79 Å². The van der Waals surface area contributed by atoms with Gasteiger partial charge in [-0.15, -0.1) is 11.8 Å². The Bertz CT molecular complexity index is 1090. The number of aromatic nitrogens is 2. The third-order valence-corrected chi connectivity index (χ3v) is 6.12. The summed E-state index contributed by atoms with van der Waals surface area (Å²) in [4.78, 5) is 23.2. The second-order valence-corrected chi connectivity index (χ2v) is 8.04. The lowest BCUT2D eigenvalue weighted by molar-refractivity contribution is -0.113. The first-order valence-electron chi connectivity index (χ1n) is 8.49. The minimum atomic E-state index is -0.0607. The van der Waals surface area contributed by atoms with Gasteiger partial charge in [0.2, 0.25) is 5.91 Å². The highest BCUT2D eigenvalue weighted by Gasteiger charge is 2.13. The summed E-state index contributed by atoms with van der Waals surface area (Å²) in [5.41, 5.74) is 1.75. The molecule has 2 aromatic carbocycles. The number of anilines is 1. The third-order valence-electron chi connectivity index (χ3n) is 4.03.